The van der Waals surface area contributed by atoms with E-state index in [0.717, 1.165) is 0 Å². The van der Waals surface area contributed by atoms with Crippen LogP contribution in [0.5, 0.6) is 0 Å². The first kappa shape index (κ1) is 16.7. The van der Waals surface area contributed by atoms with Crippen LogP contribution in [-0.4, -0.2) is 40.2 Å². The molecule has 0 radical (unpaired) electrons. The lowest BCUT2D eigenvalue weighted by Gasteiger charge is -2.27. The van der Waals surface area contributed by atoms with Crippen molar-refractivity contribution in [2.45, 2.75) is 25.9 Å². The van der Waals surface area contributed by atoms with Crippen molar-refractivity contribution in [3.05, 3.63) is 42.7 Å². The molecule has 2 aromatic rings. The van der Waals surface area contributed by atoms with Gasteiger partial charge in [-0.1, -0.05) is 12.1 Å². The van der Waals surface area contributed by atoms with E-state index in [9.17, 15) is 14.4 Å². The Hall–Kier alpha value is -3.16. The maximum atomic E-state index is 12.6. The molecule has 0 saturated heterocycles. The van der Waals surface area contributed by atoms with Crippen LogP contribution in [-0.2, 0) is 25.7 Å². The summed E-state index contributed by atoms with van der Waals surface area (Å²) in [5.74, 6) is -1.10. The summed E-state index contributed by atoms with van der Waals surface area (Å²) in [6.07, 6.45) is 3.35. The van der Waals surface area contributed by atoms with Gasteiger partial charge in [-0.15, -0.1) is 0 Å². The molecule has 1 aromatic carbocycles. The number of benzene rings is 1. The van der Waals surface area contributed by atoms with Gasteiger partial charge >= 0.3 is 5.97 Å². The molecule has 0 unspecified atom stereocenters. The number of carbonyl (C=O) groups is 3. The minimum Gasteiger partial charge on any atom is -0.454 e. The van der Waals surface area contributed by atoms with Crippen molar-refractivity contribution in [3.63, 3.8) is 0 Å². The zero-order chi connectivity index (χ0) is 17.8. The number of para-hydroxylation sites is 2. The number of aromatic nitrogens is 2. The van der Waals surface area contributed by atoms with Gasteiger partial charge in [0.1, 0.15) is 6.54 Å². The molecule has 1 aromatic heterocycles. The van der Waals surface area contributed by atoms with E-state index < -0.39 is 12.6 Å². The van der Waals surface area contributed by atoms with Crippen LogP contribution in [0.15, 0.2) is 42.7 Å². The summed E-state index contributed by atoms with van der Waals surface area (Å²) in [5.41, 5.74) is 1.15. The Morgan fingerprint density at radius 3 is 2.88 bits per heavy atom. The Balaban J connectivity index is 1.70. The second kappa shape index (κ2) is 7.16. The number of esters is 1. The SMILES string of the molecule is C[C@@H]1CC(=O)Nc2ccccc2N1C(=O)COC(=O)Cn1cccn1. The topological polar surface area (TPSA) is 93.5 Å². The second-order valence-electron chi connectivity index (χ2n) is 5.75. The van der Waals surface area contributed by atoms with Crippen molar-refractivity contribution in [3.8, 4) is 0 Å². The molecule has 3 rings (SSSR count). The van der Waals surface area contributed by atoms with Gasteiger partial charge in [0.05, 0.1) is 11.4 Å². The lowest BCUT2D eigenvalue weighted by atomic mass is 10.1. The quantitative estimate of drug-likeness (QED) is 0.843. The highest BCUT2D eigenvalue weighted by molar-refractivity contribution is 6.05. The monoisotopic (exact) mass is 342 g/mol. The standard InChI is InChI=1S/C17H18N4O4/c1-12-9-15(22)19-13-5-2-3-6-14(13)21(12)16(23)11-25-17(24)10-20-8-4-7-18-20/h2-8,12H,9-11H2,1H3,(H,19,22)/t12-/m1/s1. The summed E-state index contributed by atoms with van der Waals surface area (Å²) in [5, 5.41) is 6.69. The number of carbonyl (C=O) groups excluding carboxylic acids is 3. The number of anilines is 2. The van der Waals surface area contributed by atoms with Crippen molar-refractivity contribution in [2.24, 2.45) is 0 Å². The Bertz CT molecular complexity index is 788. The molecule has 0 spiro atoms. The summed E-state index contributed by atoms with van der Waals surface area (Å²) in [7, 11) is 0. The van der Waals surface area contributed by atoms with E-state index in [0.29, 0.717) is 11.4 Å². The molecule has 130 valence electrons. The van der Waals surface area contributed by atoms with Crippen molar-refractivity contribution in [1.82, 2.24) is 9.78 Å². The normalized spacial score (nSPS) is 16.6. The number of nitrogens with one attached hydrogen (secondary N) is 1. The van der Waals surface area contributed by atoms with E-state index in [2.05, 4.69) is 10.4 Å². The van der Waals surface area contributed by atoms with Crippen LogP contribution in [0, 0.1) is 0 Å². The molecular weight excluding hydrogens is 324 g/mol. The highest BCUT2D eigenvalue weighted by Crippen LogP contribution is 2.31. The molecular formula is C17H18N4O4. The van der Waals surface area contributed by atoms with E-state index in [1.807, 2.05) is 0 Å². The number of hydrogen-bond acceptors (Lipinski definition) is 5. The number of rotatable bonds is 4. The van der Waals surface area contributed by atoms with Gasteiger partial charge in [0, 0.05) is 24.9 Å². The molecule has 0 fully saturated rings. The minimum absolute atomic E-state index is 0.0630. The van der Waals surface area contributed by atoms with Crippen LogP contribution in [0.1, 0.15) is 13.3 Å². The summed E-state index contributed by atoms with van der Waals surface area (Å²) < 4.78 is 6.48. The largest absolute Gasteiger partial charge is 0.454 e. The Kier molecular flexibility index (Phi) is 4.78. The molecule has 25 heavy (non-hydrogen) atoms. The van der Waals surface area contributed by atoms with Crippen LogP contribution in [0.25, 0.3) is 0 Å². The van der Waals surface area contributed by atoms with Gasteiger partial charge in [-0.2, -0.15) is 5.10 Å². The maximum absolute atomic E-state index is 12.6. The molecule has 0 saturated carbocycles. The molecule has 1 aliphatic heterocycles. The van der Waals surface area contributed by atoms with E-state index in [1.165, 1.54) is 9.58 Å². The van der Waals surface area contributed by atoms with Gasteiger partial charge in [-0.05, 0) is 25.1 Å². The Labute approximate surface area is 144 Å². The van der Waals surface area contributed by atoms with Crippen LogP contribution in [0.2, 0.25) is 0 Å². The Morgan fingerprint density at radius 1 is 1.32 bits per heavy atom. The first-order chi connectivity index (χ1) is 12.0. The molecule has 1 aliphatic rings. The predicted octanol–water partition coefficient (Wildman–Crippen LogP) is 1.19. The lowest BCUT2D eigenvalue weighted by Crippen LogP contribution is -2.41. The molecule has 0 bridgehead atoms. The van der Waals surface area contributed by atoms with Crippen LogP contribution in [0.4, 0.5) is 11.4 Å². The molecule has 1 N–H and O–H groups in total. The summed E-state index contributed by atoms with van der Waals surface area (Å²) in [6, 6.07) is 8.39. The third kappa shape index (κ3) is 3.85. The van der Waals surface area contributed by atoms with Crippen molar-refractivity contribution in [2.75, 3.05) is 16.8 Å². The number of nitrogens with zero attached hydrogens (tertiary/aromatic N) is 3. The van der Waals surface area contributed by atoms with E-state index in [-0.39, 0.29) is 30.8 Å². The first-order valence-corrected chi connectivity index (χ1v) is 7.88. The highest BCUT2D eigenvalue weighted by Gasteiger charge is 2.30. The highest BCUT2D eigenvalue weighted by atomic mass is 16.5. The van der Waals surface area contributed by atoms with Crippen LogP contribution in [0.3, 0.4) is 0 Å². The van der Waals surface area contributed by atoms with Crippen molar-refractivity contribution in [1.29, 1.82) is 0 Å². The molecule has 0 aliphatic carbocycles. The fourth-order valence-electron chi connectivity index (χ4n) is 2.75. The number of fused-ring (bicyclic) bond motifs is 1. The van der Waals surface area contributed by atoms with Gasteiger partial charge in [0.15, 0.2) is 6.61 Å². The van der Waals surface area contributed by atoms with Crippen molar-refractivity contribution >= 4 is 29.2 Å². The van der Waals surface area contributed by atoms with E-state index in [1.54, 1.807) is 49.6 Å². The molecule has 8 heteroatoms. The summed E-state index contributed by atoms with van der Waals surface area (Å²) in [6.45, 7) is 1.32. The van der Waals surface area contributed by atoms with E-state index >= 15 is 0 Å². The Morgan fingerprint density at radius 2 is 2.12 bits per heavy atom. The molecule has 1 atom stereocenters. The zero-order valence-corrected chi connectivity index (χ0v) is 13.7. The van der Waals surface area contributed by atoms with Crippen molar-refractivity contribution < 1.29 is 19.1 Å². The number of hydrogen-bond donors (Lipinski definition) is 1. The fourth-order valence-corrected chi connectivity index (χ4v) is 2.75. The summed E-state index contributed by atoms with van der Waals surface area (Å²) in [4.78, 5) is 37.9. The number of ether oxygens (including phenoxy) is 1. The van der Waals surface area contributed by atoms with Crippen LogP contribution < -0.4 is 10.2 Å². The predicted molar refractivity (Wildman–Crippen MR) is 89.8 cm³/mol. The third-order valence-corrected chi connectivity index (χ3v) is 3.83. The van der Waals surface area contributed by atoms with Gasteiger partial charge in [0.2, 0.25) is 5.91 Å². The molecule has 2 amide bonds. The van der Waals surface area contributed by atoms with E-state index in [4.69, 9.17) is 4.74 Å². The zero-order valence-electron chi connectivity index (χ0n) is 13.7. The average molecular weight is 342 g/mol. The summed E-state index contributed by atoms with van der Waals surface area (Å²) >= 11 is 0. The second-order valence-corrected chi connectivity index (χ2v) is 5.75. The molecule has 8 nitrogen and oxygen atoms in total. The van der Waals surface area contributed by atoms with Gasteiger partial charge in [-0.3, -0.25) is 19.1 Å². The smallest absolute Gasteiger partial charge is 0.328 e. The van der Waals surface area contributed by atoms with Crippen LogP contribution >= 0.6 is 0 Å². The minimum atomic E-state index is -0.554. The first-order valence-electron chi connectivity index (χ1n) is 7.88. The molecule has 2 heterocycles. The van der Waals surface area contributed by atoms with Gasteiger partial charge in [0.25, 0.3) is 5.91 Å². The maximum Gasteiger partial charge on any atom is 0.328 e. The third-order valence-electron chi connectivity index (χ3n) is 3.83. The van der Waals surface area contributed by atoms with Gasteiger partial charge in [-0.25, -0.2) is 0 Å². The number of amides is 2. The average Bonchev–Trinajstić information content (AvgIpc) is 3.03. The van der Waals surface area contributed by atoms with Gasteiger partial charge < -0.3 is 15.0 Å². The lowest BCUT2D eigenvalue weighted by molar-refractivity contribution is -0.148. The fraction of sp³-hybridized carbons (Fsp3) is 0.294.